The maximum atomic E-state index is 2.45. The van der Waals surface area contributed by atoms with Crippen molar-refractivity contribution in [2.45, 2.75) is 5.41 Å². The minimum atomic E-state index is -0.469. The highest BCUT2D eigenvalue weighted by Crippen LogP contribution is 2.57. The molecule has 1 aliphatic rings. The fourth-order valence-corrected chi connectivity index (χ4v) is 12.1. The molecule has 13 aromatic carbocycles. The van der Waals surface area contributed by atoms with Gasteiger partial charge in [0.1, 0.15) is 0 Å². The SMILES string of the molecule is c1ccc(C2(c3ccccc3)c3ccccc3-c3ccc(-c4ccc(N(c5ccc(-c6ccc7c(ccc8ccccc87)c6)cc5)c5ccccc5-c5cccc(-c6cccc7ccccc67)c5)cc4)cc32)cc1. The van der Waals surface area contributed by atoms with Crippen LogP contribution in [0.25, 0.3) is 88.0 Å². The lowest BCUT2D eigenvalue weighted by Crippen LogP contribution is -2.28. The van der Waals surface area contributed by atoms with Crippen molar-refractivity contribution in [3.8, 4) is 55.6 Å². The molecule has 1 aliphatic carbocycles. The van der Waals surface area contributed by atoms with Gasteiger partial charge in [0.15, 0.2) is 0 Å². The number of nitrogens with zero attached hydrogens (tertiary/aromatic N) is 1. The highest BCUT2D eigenvalue weighted by molar-refractivity contribution is 6.08. The van der Waals surface area contributed by atoms with Crippen molar-refractivity contribution in [2.75, 3.05) is 4.90 Å². The third-order valence-electron chi connectivity index (χ3n) is 15.5. The number of hydrogen-bond acceptors (Lipinski definition) is 1. The molecule has 14 rings (SSSR count). The summed E-state index contributed by atoms with van der Waals surface area (Å²) in [5.74, 6) is 0. The fourth-order valence-electron chi connectivity index (χ4n) is 12.1. The predicted molar refractivity (Wildman–Crippen MR) is 313 cm³/mol. The van der Waals surface area contributed by atoms with Crippen molar-refractivity contribution >= 4 is 49.4 Å². The van der Waals surface area contributed by atoms with Gasteiger partial charge in [-0.2, -0.15) is 0 Å². The molecule has 0 saturated carbocycles. The molecule has 0 amide bonds. The summed E-state index contributed by atoms with van der Waals surface area (Å²) < 4.78 is 0. The molecular formula is C73H49N. The summed E-state index contributed by atoms with van der Waals surface area (Å²) in [6.45, 7) is 0. The standard InChI is InChI=1S/C73H49N/c1-3-22-59(23-4-1)73(60-24-5-2-6-25-60)70-31-13-11-29-68(70)69-46-40-55(49-71(69)73)51-37-43-62(44-38-51)74(61-41-35-50(36-42-61)54-39-45-66-58(47-54)34-33-53-18-8-10-27-64(53)66)72-32-14-12-28-67(72)57-21-15-20-56(48-57)65-30-16-19-52-17-7-9-26-63(52)65/h1-49H. The van der Waals surface area contributed by atoms with Gasteiger partial charge in [-0.05, 0) is 153 Å². The van der Waals surface area contributed by atoms with Crippen molar-refractivity contribution in [1.29, 1.82) is 0 Å². The summed E-state index contributed by atoms with van der Waals surface area (Å²) in [6.07, 6.45) is 0. The molecule has 346 valence electrons. The van der Waals surface area contributed by atoms with E-state index in [1.54, 1.807) is 0 Å². The largest absolute Gasteiger partial charge is 0.310 e. The van der Waals surface area contributed by atoms with E-state index in [9.17, 15) is 0 Å². The summed E-state index contributed by atoms with van der Waals surface area (Å²) in [4.78, 5) is 2.43. The van der Waals surface area contributed by atoms with E-state index in [1.807, 2.05) is 0 Å². The second kappa shape index (κ2) is 17.9. The molecule has 0 aliphatic heterocycles. The van der Waals surface area contributed by atoms with E-state index in [0.717, 1.165) is 33.8 Å². The summed E-state index contributed by atoms with van der Waals surface area (Å²) in [6, 6.07) is 110. The lowest BCUT2D eigenvalue weighted by molar-refractivity contribution is 0.769. The highest BCUT2D eigenvalue weighted by Gasteiger charge is 2.46. The Bertz CT molecular complexity index is 4180. The molecule has 1 heteroatoms. The minimum Gasteiger partial charge on any atom is -0.310 e. The number of benzene rings is 13. The van der Waals surface area contributed by atoms with E-state index in [-0.39, 0.29) is 0 Å². The summed E-state index contributed by atoms with van der Waals surface area (Å²) in [5.41, 5.74) is 20.0. The van der Waals surface area contributed by atoms with Crippen molar-refractivity contribution in [3.05, 3.63) is 320 Å². The van der Waals surface area contributed by atoms with Crippen LogP contribution in [-0.4, -0.2) is 0 Å². The van der Waals surface area contributed by atoms with Gasteiger partial charge in [0.05, 0.1) is 11.1 Å². The Hall–Kier alpha value is -9.56. The topological polar surface area (TPSA) is 3.24 Å². The van der Waals surface area contributed by atoms with Crippen molar-refractivity contribution in [1.82, 2.24) is 0 Å². The van der Waals surface area contributed by atoms with Crippen LogP contribution in [0.1, 0.15) is 22.3 Å². The van der Waals surface area contributed by atoms with E-state index >= 15 is 0 Å². The van der Waals surface area contributed by atoms with Gasteiger partial charge in [-0.3, -0.25) is 0 Å². The van der Waals surface area contributed by atoms with Crippen LogP contribution in [0, 0.1) is 0 Å². The van der Waals surface area contributed by atoms with Crippen LogP contribution in [-0.2, 0) is 5.41 Å². The molecule has 74 heavy (non-hydrogen) atoms. The molecule has 0 spiro atoms. The van der Waals surface area contributed by atoms with Crippen LogP contribution in [0.4, 0.5) is 17.1 Å². The molecule has 0 bridgehead atoms. The molecule has 0 unspecified atom stereocenters. The van der Waals surface area contributed by atoms with Gasteiger partial charge in [0.25, 0.3) is 0 Å². The van der Waals surface area contributed by atoms with Gasteiger partial charge in [0.2, 0.25) is 0 Å². The minimum absolute atomic E-state index is 0.469. The normalized spacial score (nSPS) is 12.4. The van der Waals surface area contributed by atoms with Crippen LogP contribution in [0.15, 0.2) is 297 Å². The smallest absolute Gasteiger partial charge is 0.0713 e. The van der Waals surface area contributed by atoms with Crippen molar-refractivity contribution in [3.63, 3.8) is 0 Å². The number of fused-ring (bicyclic) bond motifs is 7. The number of anilines is 3. The summed E-state index contributed by atoms with van der Waals surface area (Å²) in [7, 11) is 0. The number of hydrogen-bond donors (Lipinski definition) is 0. The van der Waals surface area contributed by atoms with Crippen LogP contribution < -0.4 is 4.90 Å². The zero-order valence-electron chi connectivity index (χ0n) is 40.7. The third kappa shape index (κ3) is 7.16. The zero-order valence-corrected chi connectivity index (χ0v) is 40.7. The molecule has 1 nitrogen and oxygen atoms in total. The fraction of sp³-hybridized carbons (Fsp3) is 0.0137. The molecule has 0 heterocycles. The summed E-state index contributed by atoms with van der Waals surface area (Å²) in [5, 5.41) is 7.55. The van der Waals surface area contributed by atoms with E-state index < -0.39 is 5.41 Å². The third-order valence-corrected chi connectivity index (χ3v) is 15.5. The Morgan fingerprint density at radius 3 is 1.42 bits per heavy atom. The van der Waals surface area contributed by atoms with Gasteiger partial charge < -0.3 is 4.90 Å². The van der Waals surface area contributed by atoms with Crippen LogP contribution in [0.5, 0.6) is 0 Å². The lowest BCUT2D eigenvalue weighted by atomic mass is 9.67. The van der Waals surface area contributed by atoms with Crippen molar-refractivity contribution in [2.24, 2.45) is 0 Å². The van der Waals surface area contributed by atoms with Gasteiger partial charge in [-0.25, -0.2) is 0 Å². The molecule has 0 fully saturated rings. The second-order valence-electron chi connectivity index (χ2n) is 19.6. The second-order valence-corrected chi connectivity index (χ2v) is 19.6. The highest BCUT2D eigenvalue weighted by atomic mass is 15.1. The maximum absolute atomic E-state index is 2.45. The average molecular weight is 940 g/mol. The maximum Gasteiger partial charge on any atom is 0.0713 e. The quantitative estimate of drug-likeness (QED) is 0.130. The van der Waals surface area contributed by atoms with Gasteiger partial charge >= 0.3 is 0 Å². The van der Waals surface area contributed by atoms with Gasteiger partial charge in [0, 0.05) is 16.9 Å². The first-order chi connectivity index (χ1) is 36.7. The monoisotopic (exact) mass is 939 g/mol. The Morgan fingerprint density at radius 1 is 0.230 bits per heavy atom. The molecule has 0 N–H and O–H groups in total. The first kappa shape index (κ1) is 43.2. The van der Waals surface area contributed by atoms with Crippen LogP contribution in [0.2, 0.25) is 0 Å². The Balaban J connectivity index is 0.890. The summed E-state index contributed by atoms with van der Waals surface area (Å²) >= 11 is 0. The zero-order chi connectivity index (χ0) is 49.0. The molecule has 0 saturated heterocycles. The van der Waals surface area contributed by atoms with E-state index in [4.69, 9.17) is 0 Å². The van der Waals surface area contributed by atoms with Gasteiger partial charge in [-0.1, -0.05) is 249 Å². The molecule has 0 atom stereocenters. The van der Waals surface area contributed by atoms with E-state index in [1.165, 1.54) is 93.5 Å². The van der Waals surface area contributed by atoms with E-state index in [2.05, 4.69) is 302 Å². The van der Waals surface area contributed by atoms with E-state index in [0.29, 0.717) is 0 Å². The first-order valence-corrected chi connectivity index (χ1v) is 25.6. The predicted octanol–water partition coefficient (Wildman–Crippen LogP) is 19.6. The Morgan fingerprint density at radius 2 is 0.703 bits per heavy atom. The Kier molecular flexibility index (Phi) is 10.5. The van der Waals surface area contributed by atoms with Crippen LogP contribution in [0.3, 0.4) is 0 Å². The van der Waals surface area contributed by atoms with Crippen LogP contribution >= 0.6 is 0 Å². The molecule has 13 aromatic rings. The molecule has 0 radical (unpaired) electrons. The Labute approximate surface area is 432 Å². The number of para-hydroxylation sites is 1. The molecule has 0 aromatic heterocycles. The van der Waals surface area contributed by atoms with Crippen molar-refractivity contribution < 1.29 is 0 Å². The number of rotatable bonds is 9. The first-order valence-electron chi connectivity index (χ1n) is 25.6. The van der Waals surface area contributed by atoms with Gasteiger partial charge in [-0.15, -0.1) is 0 Å². The lowest BCUT2D eigenvalue weighted by Gasteiger charge is -2.34. The molecular weight excluding hydrogens is 891 g/mol. The average Bonchev–Trinajstić information content (AvgIpc) is 3.84.